The van der Waals surface area contributed by atoms with Crippen LogP contribution in [0.25, 0.3) is 0 Å². The Hall–Kier alpha value is -3.44. The van der Waals surface area contributed by atoms with Crippen molar-refractivity contribution in [1.29, 1.82) is 0 Å². The van der Waals surface area contributed by atoms with Crippen LogP contribution >= 0.6 is 0 Å². The zero-order chi connectivity index (χ0) is 23.0. The molecule has 160 valence electrons. The first-order valence-corrected chi connectivity index (χ1v) is 9.49. The Balaban J connectivity index is 3.27. The molecular formula is C23H31N5O2. The van der Waals surface area contributed by atoms with Crippen molar-refractivity contribution in [3.05, 3.63) is 58.4 Å². The summed E-state index contributed by atoms with van der Waals surface area (Å²) in [5.41, 5.74) is 11.6. The van der Waals surface area contributed by atoms with Crippen LogP contribution in [-0.2, 0) is 16.0 Å². The lowest BCUT2D eigenvalue weighted by atomic mass is 9.97. The molecule has 0 spiro atoms. The highest BCUT2D eigenvalue weighted by Gasteiger charge is 2.21. The Kier molecular flexibility index (Phi) is 8.96. The number of carbonyl (C=O) groups is 1. The number of nitrogens with two attached hydrogens (primary N) is 1. The Morgan fingerprint density at radius 2 is 1.90 bits per heavy atom. The Morgan fingerprint density at radius 3 is 2.37 bits per heavy atom. The maximum absolute atomic E-state index is 13.0. The third-order valence-corrected chi connectivity index (χ3v) is 4.83. The first-order valence-electron chi connectivity index (χ1n) is 9.49. The number of benzene rings is 1. The van der Waals surface area contributed by atoms with Gasteiger partial charge in [0.15, 0.2) is 0 Å². The van der Waals surface area contributed by atoms with Gasteiger partial charge in [-0.15, -0.1) is 0 Å². The number of amidine groups is 1. The van der Waals surface area contributed by atoms with Crippen molar-refractivity contribution in [3.63, 3.8) is 0 Å². The zero-order valence-corrected chi connectivity index (χ0v) is 18.9. The van der Waals surface area contributed by atoms with E-state index in [1.165, 1.54) is 13.2 Å². The molecule has 0 aliphatic heterocycles. The van der Waals surface area contributed by atoms with E-state index < -0.39 is 0 Å². The molecule has 0 aliphatic carbocycles. The van der Waals surface area contributed by atoms with Crippen molar-refractivity contribution in [1.82, 2.24) is 4.90 Å². The molecule has 0 saturated heterocycles. The summed E-state index contributed by atoms with van der Waals surface area (Å²) in [6.07, 6.45) is 1.79. The van der Waals surface area contributed by atoms with Gasteiger partial charge in [-0.05, 0) is 50.5 Å². The summed E-state index contributed by atoms with van der Waals surface area (Å²) < 4.78 is 0. The summed E-state index contributed by atoms with van der Waals surface area (Å²) in [5.74, 6) is 1.78. The molecule has 0 aromatic heterocycles. The molecule has 30 heavy (non-hydrogen) atoms. The first kappa shape index (κ1) is 24.6. The molecule has 0 radical (unpaired) electrons. The molecule has 7 nitrogen and oxygen atoms in total. The lowest BCUT2D eigenvalue weighted by Gasteiger charge is -2.18. The second-order valence-electron chi connectivity index (χ2n) is 7.24. The Morgan fingerprint density at radius 1 is 1.27 bits per heavy atom. The fourth-order valence-electron chi connectivity index (χ4n) is 2.96. The van der Waals surface area contributed by atoms with Gasteiger partial charge in [-0.1, -0.05) is 18.2 Å². The maximum Gasteiger partial charge on any atom is 0.274 e. The van der Waals surface area contributed by atoms with E-state index in [0.717, 1.165) is 22.3 Å². The van der Waals surface area contributed by atoms with E-state index in [1.807, 2.05) is 59.9 Å². The van der Waals surface area contributed by atoms with E-state index in [0.29, 0.717) is 23.4 Å². The van der Waals surface area contributed by atoms with Crippen LogP contribution in [0.3, 0.4) is 0 Å². The van der Waals surface area contributed by atoms with Crippen LogP contribution in [-0.4, -0.2) is 49.4 Å². The quantitative estimate of drug-likeness (QED) is 0.392. The molecule has 0 fully saturated rings. The van der Waals surface area contributed by atoms with E-state index in [4.69, 9.17) is 5.73 Å². The number of amides is 1. The normalized spacial score (nSPS) is 11.4. The Bertz CT molecular complexity index is 974. The van der Waals surface area contributed by atoms with Crippen LogP contribution in [0.2, 0.25) is 0 Å². The van der Waals surface area contributed by atoms with E-state index >= 15 is 0 Å². The minimum absolute atomic E-state index is 0.181. The summed E-state index contributed by atoms with van der Waals surface area (Å²) in [4.78, 5) is 34.1. The second kappa shape index (κ2) is 10.9. The monoisotopic (exact) mass is 409 g/mol. The van der Waals surface area contributed by atoms with Gasteiger partial charge in [-0.2, -0.15) is 0 Å². The van der Waals surface area contributed by atoms with Gasteiger partial charge < -0.3 is 16.0 Å². The third kappa shape index (κ3) is 5.78. The van der Waals surface area contributed by atoms with Gasteiger partial charge in [0.05, 0.1) is 0 Å². The lowest BCUT2D eigenvalue weighted by molar-refractivity contribution is -0.110. The van der Waals surface area contributed by atoms with Crippen LogP contribution in [0.1, 0.15) is 30.5 Å². The van der Waals surface area contributed by atoms with E-state index in [-0.39, 0.29) is 17.5 Å². The second-order valence-corrected chi connectivity index (χ2v) is 7.24. The number of rotatable bonds is 8. The van der Waals surface area contributed by atoms with Crippen LogP contribution in [0.4, 0.5) is 5.69 Å². The predicted molar refractivity (Wildman–Crippen MR) is 125 cm³/mol. The first-order chi connectivity index (χ1) is 14.1. The maximum atomic E-state index is 13.0. The molecule has 0 saturated carbocycles. The third-order valence-electron chi connectivity index (χ3n) is 4.83. The molecule has 1 aromatic rings. The van der Waals surface area contributed by atoms with Gasteiger partial charge in [0.1, 0.15) is 23.2 Å². The summed E-state index contributed by atoms with van der Waals surface area (Å²) in [5, 5.41) is 2.92. The van der Waals surface area contributed by atoms with Crippen molar-refractivity contribution in [2.24, 2.45) is 15.7 Å². The largest absolute Gasteiger partial charge is 0.383 e. The fourth-order valence-corrected chi connectivity index (χ4v) is 2.96. The van der Waals surface area contributed by atoms with Crippen molar-refractivity contribution in [3.8, 4) is 0 Å². The van der Waals surface area contributed by atoms with Crippen molar-refractivity contribution in [2.75, 3.05) is 26.5 Å². The number of likely N-dealkylation sites (N-methyl/N-ethyl adjacent to an activating group) is 1. The number of hydrogen-bond acceptors (Lipinski definition) is 5. The topological polar surface area (TPSA) is 100 Å². The standard InChI is InChI=1S/C23H31N5O2/c1-9-26-22(24)20(14(2)3)21(25-6)23(30)27-19-11-10-17(15(4)16(19)5)12-18(13-29)28(7)8/h9-11H,1,12H2,2-8H3,(H2,24,26)(H,27,30)/b25-21+. The summed E-state index contributed by atoms with van der Waals surface area (Å²) >= 11 is 0. The number of anilines is 1. The molecule has 0 atom stereocenters. The molecule has 0 heterocycles. The van der Waals surface area contributed by atoms with Crippen LogP contribution < -0.4 is 11.1 Å². The molecule has 1 rings (SSSR count). The molecule has 0 aliphatic rings. The van der Waals surface area contributed by atoms with E-state index in [1.54, 1.807) is 4.90 Å². The molecule has 0 bridgehead atoms. The number of hydrogen-bond donors (Lipinski definition) is 2. The minimum atomic E-state index is -0.382. The SMILES string of the molecule is C=C/N=C(/N)C(=C(C)C)/C(=N\C)C(=O)Nc1ccc(CC(=C=O)N(C)C)c(C)c1C. The summed E-state index contributed by atoms with van der Waals surface area (Å²) in [6, 6.07) is 3.72. The number of aliphatic imine (C=N–C) groups is 2. The molecule has 3 N–H and O–H groups in total. The Labute approximate surface area is 178 Å². The van der Waals surface area contributed by atoms with Gasteiger partial charge in [0, 0.05) is 45.0 Å². The van der Waals surface area contributed by atoms with Gasteiger partial charge in [-0.3, -0.25) is 9.79 Å². The number of carbonyl (C=O) groups excluding carboxylic acids is 2. The molecular weight excluding hydrogens is 378 g/mol. The van der Waals surface area contributed by atoms with Gasteiger partial charge >= 0.3 is 0 Å². The van der Waals surface area contributed by atoms with Gasteiger partial charge in [-0.25, -0.2) is 9.79 Å². The molecule has 1 aromatic carbocycles. The van der Waals surface area contributed by atoms with E-state index in [2.05, 4.69) is 21.9 Å². The summed E-state index contributed by atoms with van der Waals surface area (Å²) in [6.45, 7) is 11.1. The molecule has 1 amide bonds. The highest BCUT2D eigenvalue weighted by atomic mass is 16.1. The lowest BCUT2D eigenvalue weighted by Crippen LogP contribution is -2.32. The van der Waals surface area contributed by atoms with Gasteiger partial charge in [0.2, 0.25) is 0 Å². The smallest absolute Gasteiger partial charge is 0.274 e. The average Bonchev–Trinajstić information content (AvgIpc) is 2.68. The van der Waals surface area contributed by atoms with E-state index in [9.17, 15) is 9.59 Å². The predicted octanol–water partition coefficient (Wildman–Crippen LogP) is 2.97. The highest BCUT2D eigenvalue weighted by molar-refractivity contribution is 6.54. The van der Waals surface area contributed by atoms with Crippen molar-refractivity contribution < 1.29 is 9.59 Å². The van der Waals surface area contributed by atoms with Crippen molar-refractivity contribution >= 4 is 29.1 Å². The number of nitrogens with one attached hydrogen (secondary N) is 1. The van der Waals surface area contributed by atoms with Crippen LogP contribution in [0, 0.1) is 13.8 Å². The summed E-state index contributed by atoms with van der Waals surface area (Å²) in [7, 11) is 5.16. The number of allylic oxidation sites excluding steroid dienone is 2. The molecule has 7 heteroatoms. The molecule has 0 unspecified atom stereocenters. The van der Waals surface area contributed by atoms with Crippen molar-refractivity contribution in [2.45, 2.75) is 34.1 Å². The number of nitrogens with zero attached hydrogens (tertiary/aromatic N) is 3. The minimum Gasteiger partial charge on any atom is -0.383 e. The zero-order valence-electron chi connectivity index (χ0n) is 18.9. The van der Waals surface area contributed by atoms with Crippen LogP contribution in [0.15, 0.2) is 51.7 Å². The van der Waals surface area contributed by atoms with Gasteiger partial charge in [0.25, 0.3) is 5.91 Å². The average molecular weight is 410 g/mol. The van der Waals surface area contributed by atoms with Crippen LogP contribution in [0.5, 0.6) is 0 Å². The fraction of sp³-hybridized carbons (Fsp3) is 0.348. The highest BCUT2D eigenvalue weighted by Crippen LogP contribution is 2.24.